The second kappa shape index (κ2) is 6.38. The number of rotatable bonds is 2. The van der Waals surface area contributed by atoms with Gasteiger partial charge in [-0.15, -0.1) is 12.6 Å². The molecule has 0 bridgehead atoms. The predicted octanol–water partition coefficient (Wildman–Crippen LogP) is 1.83. The standard InChI is InChI=1S/C16H22N2O2S/c1-12-2-3-14(21)10-15(12)16(19)18-5-4-13(11-18)17-6-8-20-9-7-17/h2-3,10,13,21H,4-9,11H2,1H3. The minimum absolute atomic E-state index is 0.138. The molecule has 0 radical (unpaired) electrons. The van der Waals surface area contributed by atoms with Gasteiger partial charge in [0, 0.05) is 42.7 Å². The summed E-state index contributed by atoms with van der Waals surface area (Å²) in [6, 6.07) is 6.25. The monoisotopic (exact) mass is 306 g/mol. The first kappa shape index (κ1) is 14.9. The molecule has 114 valence electrons. The fraction of sp³-hybridized carbons (Fsp3) is 0.562. The predicted molar refractivity (Wildman–Crippen MR) is 85.1 cm³/mol. The lowest BCUT2D eigenvalue weighted by Crippen LogP contribution is -2.45. The highest BCUT2D eigenvalue weighted by Gasteiger charge is 2.31. The molecule has 2 heterocycles. The van der Waals surface area contributed by atoms with Crippen molar-refractivity contribution in [3.63, 3.8) is 0 Å². The van der Waals surface area contributed by atoms with Crippen LogP contribution in [0, 0.1) is 6.92 Å². The molecule has 2 fully saturated rings. The van der Waals surface area contributed by atoms with E-state index < -0.39 is 0 Å². The summed E-state index contributed by atoms with van der Waals surface area (Å²) in [5, 5.41) is 0. The molecule has 0 aromatic heterocycles. The topological polar surface area (TPSA) is 32.8 Å². The first-order chi connectivity index (χ1) is 10.1. The van der Waals surface area contributed by atoms with Crippen LogP contribution in [0.2, 0.25) is 0 Å². The van der Waals surface area contributed by atoms with Crippen molar-refractivity contribution in [2.24, 2.45) is 0 Å². The number of thiol groups is 1. The zero-order valence-corrected chi connectivity index (χ0v) is 13.3. The summed E-state index contributed by atoms with van der Waals surface area (Å²) >= 11 is 4.35. The lowest BCUT2D eigenvalue weighted by Gasteiger charge is -2.32. The Morgan fingerprint density at radius 2 is 2.05 bits per heavy atom. The van der Waals surface area contributed by atoms with Gasteiger partial charge < -0.3 is 9.64 Å². The maximum atomic E-state index is 12.7. The number of benzene rings is 1. The maximum Gasteiger partial charge on any atom is 0.254 e. The van der Waals surface area contributed by atoms with Crippen molar-refractivity contribution < 1.29 is 9.53 Å². The van der Waals surface area contributed by atoms with Gasteiger partial charge >= 0.3 is 0 Å². The highest BCUT2D eigenvalue weighted by Crippen LogP contribution is 2.22. The van der Waals surface area contributed by atoms with Crippen LogP contribution in [0.3, 0.4) is 0 Å². The van der Waals surface area contributed by atoms with Crippen LogP contribution in [-0.2, 0) is 4.74 Å². The molecule has 5 heteroatoms. The highest BCUT2D eigenvalue weighted by molar-refractivity contribution is 7.80. The summed E-state index contributed by atoms with van der Waals surface area (Å²) < 4.78 is 5.40. The summed E-state index contributed by atoms with van der Waals surface area (Å²) in [5.41, 5.74) is 1.80. The van der Waals surface area contributed by atoms with Gasteiger partial charge in [-0.05, 0) is 31.0 Å². The van der Waals surface area contributed by atoms with Gasteiger partial charge in [-0.2, -0.15) is 0 Å². The Hall–Kier alpha value is -1.04. The minimum atomic E-state index is 0.138. The molecule has 1 aromatic rings. The number of morpholine rings is 1. The maximum absolute atomic E-state index is 12.7. The van der Waals surface area contributed by atoms with Crippen LogP contribution in [0.15, 0.2) is 23.1 Å². The van der Waals surface area contributed by atoms with E-state index in [4.69, 9.17) is 4.74 Å². The van der Waals surface area contributed by atoms with Crippen LogP contribution in [0.4, 0.5) is 0 Å². The van der Waals surface area contributed by atoms with E-state index in [1.165, 1.54) is 0 Å². The van der Waals surface area contributed by atoms with Gasteiger partial charge in [-0.1, -0.05) is 6.07 Å². The molecule has 2 aliphatic heterocycles. The number of nitrogens with zero attached hydrogens (tertiary/aromatic N) is 2. The molecule has 3 rings (SSSR count). The number of hydrogen-bond donors (Lipinski definition) is 1. The molecule has 4 nitrogen and oxygen atoms in total. The third-order valence-corrected chi connectivity index (χ3v) is 4.74. The van der Waals surface area contributed by atoms with Crippen LogP contribution in [0.25, 0.3) is 0 Å². The summed E-state index contributed by atoms with van der Waals surface area (Å²) in [4.78, 5) is 18.0. The van der Waals surface area contributed by atoms with Crippen molar-refractivity contribution >= 4 is 18.5 Å². The largest absolute Gasteiger partial charge is 0.379 e. The molecule has 1 atom stereocenters. The normalized spacial score (nSPS) is 23.5. The summed E-state index contributed by atoms with van der Waals surface area (Å²) in [6.07, 6.45) is 1.06. The van der Waals surface area contributed by atoms with Crippen LogP contribution in [0.1, 0.15) is 22.3 Å². The zero-order chi connectivity index (χ0) is 14.8. The number of aryl methyl sites for hydroxylation is 1. The Labute approximate surface area is 131 Å². The van der Waals surface area contributed by atoms with E-state index in [1.54, 1.807) is 0 Å². The van der Waals surface area contributed by atoms with Gasteiger partial charge in [0.2, 0.25) is 0 Å². The number of carbonyl (C=O) groups excluding carboxylic acids is 1. The minimum Gasteiger partial charge on any atom is -0.379 e. The molecule has 21 heavy (non-hydrogen) atoms. The van der Waals surface area contributed by atoms with Crippen molar-refractivity contribution in [1.82, 2.24) is 9.80 Å². The van der Waals surface area contributed by atoms with Gasteiger partial charge in [-0.3, -0.25) is 9.69 Å². The molecule has 1 aromatic carbocycles. The lowest BCUT2D eigenvalue weighted by molar-refractivity contribution is 0.0185. The fourth-order valence-electron chi connectivity index (χ4n) is 3.18. The number of amides is 1. The van der Waals surface area contributed by atoms with Crippen molar-refractivity contribution in [2.75, 3.05) is 39.4 Å². The average molecular weight is 306 g/mol. The Kier molecular flexibility index (Phi) is 4.52. The fourth-order valence-corrected chi connectivity index (χ4v) is 3.38. The second-order valence-corrected chi connectivity index (χ2v) is 6.36. The van der Waals surface area contributed by atoms with E-state index in [0.29, 0.717) is 6.04 Å². The summed E-state index contributed by atoms with van der Waals surface area (Å²) in [7, 11) is 0. The van der Waals surface area contributed by atoms with Crippen molar-refractivity contribution in [2.45, 2.75) is 24.3 Å². The number of ether oxygens (including phenoxy) is 1. The molecule has 1 unspecified atom stereocenters. The lowest BCUT2D eigenvalue weighted by atomic mass is 10.1. The summed E-state index contributed by atoms with van der Waals surface area (Å²) in [6.45, 7) is 7.24. The van der Waals surface area contributed by atoms with Gasteiger partial charge in [0.15, 0.2) is 0 Å². The second-order valence-electron chi connectivity index (χ2n) is 5.84. The van der Waals surface area contributed by atoms with Crippen LogP contribution in [0.5, 0.6) is 0 Å². The Morgan fingerprint density at radius 3 is 2.81 bits per heavy atom. The number of hydrogen-bond acceptors (Lipinski definition) is 4. The van der Waals surface area contributed by atoms with Gasteiger partial charge in [0.05, 0.1) is 13.2 Å². The third-order valence-electron chi connectivity index (χ3n) is 4.46. The van der Waals surface area contributed by atoms with E-state index in [1.807, 2.05) is 30.0 Å². The molecule has 0 spiro atoms. The Bertz CT molecular complexity index is 529. The van der Waals surface area contributed by atoms with E-state index in [9.17, 15) is 4.79 Å². The molecule has 0 N–H and O–H groups in total. The number of likely N-dealkylation sites (tertiary alicyclic amines) is 1. The van der Waals surface area contributed by atoms with Crippen LogP contribution < -0.4 is 0 Å². The van der Waals surface area contributed by atoms with Gasteiger partial charge in [0.1, 0.15) is 0 Å². The zero-order valence-electron chi connectivity index (χ0n) is 12.4. The quantitative estimate of drug-likeness (QED) is 0.846. The van der Waals surface area contributed by atoms with E-state index in [0.717, 1.165) is 61.8 Å². The van der Waals surface area contributed by atoms with Crippen molar-refractivity contribution in [3.05, 3.63) is 29.3 Å². The highest BCUT2D eigenvalue weighted by atomic mass is 32.1. The van der Waals surface area contributed by atoms with E-state index in [-0.39, 0.29) is 5.91 Å². The molecular weight excluding hydrogens is 284 g/mol. The number of carbonyl (C=O) groups is 1. The van der Waals surface area contributed by atoms with E-state index in [2.05, 4.69) is 17.5 Å². The molecule has 1 amide bonds. The average Bonchev–Trinajstić information content (AvgIpc) is 3.00. The summed E-state index contributed by atoms with van der Waals surface area (Å²) in [5.74, 6) is 0.138. The Balaban J connectivity index is 1.67. The van der Waals surface area contributed by atoms with Gasteiger partial charge in [0.25, 0.3) is 5.91 Å². The third kappa shape index (κ3) is 3.25. The first-order valence-electron chi connectivity index (χ1n) is 7.56. The molecule has 2 saturated heterocycles. The molecule has 2 aliphatic rings. The Morgan fingerprint density at radius 1 is 1.29 bits per heavy atom. The van der Waals surface area contributed by atoms with E-state index >= 15 is 0 Å². The SMILES string of the molecule is Cc1ccc(S)cc1C(=O)N1CCC(N2CCOCC2)C1. The van der Waals surface area contributed by atoms with Crippen molar-refractivity contribution in [1.29, 1.82) is 0 Å². The van der Waals surface area contributed by atoms with Crippen LogP contribution >= 0.6 is 12.6 Å². The van der Waals surface area contributed by atoms with Crippen molar-refractivity contribution in [3.8, 4) is 0 Å². The molecule has 0 aliphatic carbocycles. The van der Waals surface area contributed by atoms with Gasteiger partial charge in [-0.25, -0.2) is 0 Å². The smallest absolute Gasteiger partial charge is 0.254 e. The van der Waals surface area contributed by atoms with Crippen LogP contribution in [-0.4, -0.2) is 61.1 Å². The first-order valence-corrected chi connectivity index (χ1v) is 8.00. The molecule has 0 saturated carbocycles. The molecular formula is C16H22N2O2S.